The van der Waals surface area contributed by atoms with Gasteiger partial charge in [0.05, 0.1) is 10.2 Å². The first-order chi connectivity index (χ1) is 8.15. The molecule has 1 aromatic heterocycles. The zero-order valence-corrected chi connectivity index (χ0v) is 11.2. The number of benzene rings is 1. The molecule has 3 heteroatoms. The smallest absolute Gasteiger partial charge is 0.183 e. The van der Waals surface area contributed by atoms with Gasteiger partial charge < -0.3 is 5.32 Å². The monoisotopic (exact) mass is 246 g/mol. The van der Waals surface area contributed by atoms with Crippen LogP contribution in [-0.2, 0) is 0 Å². The lowest BCUT2D eigenvalue weighted by Crippen LogP contribution is -2.33. The van der Waals surface area contributed by atoms with E-state index in [1.807, 2.05) is 0 Å². The van der Waals surface area contributed by atoms with Crippen LogP contribution in [0.25, 0.3) is 10.2 Å². The van der Waals surface area contributed by atoms with Crippen LogP contribution in [0.15, 0.2) is 18.2 Å². The van der Waals surface area contributed by atoms with E-state index in [1.54, 1.807) is 11.3 Å². The van der Waals surface area contributed by atoms with Gasteiger partial charge in [-0.1, -0.05) is 30.7 Å². The molecule has 1 fully saturated rings. The van der Waals surface area contributed by atoms with E-state index in [2.05, 4.69) is 42.3 Å². The highest BCUT2D eigenvalue weighted by Crippen LogP contribution is 2.40. The predicted molar refractivity (Wildman–Crippen MR) is 74.8 cm³/mol. The molecule has 0 amide bonds. The summed E-state index contributed by atoms with van der Waals surface area (Å²) in [5, 5.41) is 4.57. The zero-order valence-electron chi connectivity index (χ0n) is 10.4. The van der Waals surface area contributed by atoms with E-state index in [0.29, 0.717) is 5.41 Å². The molecule has 1 aromatic carbocycles. The van der Waals surface area contributed by atoms with Crippen molar-refractivity contribution in [3.05, 3.63) is 23.8 Å². The Hall–Kier alpha value is -1.09. The molecule has 0 atom stereocenters. The largest absolute Gasteiger partial charge is 0.361 e. The third-order valence-electron chi connectivity index (χ3n) is 3.77. The van der Waals surface area contributed by atoms with E-state index in [1.165, 1.54) is 29.5 Å². The van der Waals surface area contributed by atoms with Crippen molar-refractivity contribution < 1.29 is 0 Å². The maximum atomic E-state index is 4.64. The van der Waals surface area contributed by atoms with E-state index in [0.717, 1.165) is 17.2 Å². The van der Waals surface area contributed by atoms with Crippen LogP contribution in [0.5, 0.6) is 0 Å². The third-order valence-corrected chi connectivity index (χ3v) is 4.76. The molecule has 1 heterocycles. The van der Waals surface area contributed by atoms with Gasteiger partial charge in [-0.3, -0.25) is 0 Å². The summed E-state index contributed by atoms with van der Waals surface area (Å²) in [6, 6.07) is 6.47. The number of rotatable bonds is 3. The molecule has 1 saturated carbocycles. The van der Waals surface area contributed by atoms with Gasteiger partial charge in [0.2, 0.25) is 0 Å². The third kappa shape index (κ3) is 2.16. The Morgan fingerprint density at radius 1 is 1.41 bits per heavy atom. The fourth-order valence-electron chi connectivity index (χ4n) is 2.36. The summed E-state index contributed by atoms with van der Waals surface area (Å²) in [7, 11) is 0. The summed E-state index contributed by atoms with van der Waals surface area (Å²) in [5.74, 6) is 0. The Labute approximate surface area is 106 Å². The number of nitrogens with one attached hydrogen (secondary N) is 1. The van der Waals surface area contributed by atoms with Crippen molar-refractivity contribution in [3.8, 4) is 0 Å². The van der Waals surface area contributed by atoms with Crippen LogP contribution in [0.2, 0.25) is 0 Å². The Bertz CT molecular complexity index is 540. The quantitative estimate of drug-likeness (QED) is 0.877. The Kier molecular flexibility index (Phi) is 2.58. The van der Waals surface area contributed by atoms with Crippen LogP contribution in [-0.4, -0.2) is 11.5 Å². The van der Waals surface area contributed by atoms with Crippen molar-refractivity contribution in [1.29, 1.82) is 0 Å². The van der Waals surface area contributed by atoms with Crippen LogP contribution < -0.4 is 5.32 Å². The van der Waals surface area contributed by atoms with Crippen LogP contribution in [0.4, 0.5) is 5.13 Å². The first kappa shape index (κ1) is 11.0. The SMILES string of the molecule is Cc1ccc2sc(NCC3(C)CCC3)nc2c1. The van der Waals surface area contributed by atoms with Crippen molar-refractivity contribution in [1.82, 2.24) is 4.98 Å². The zero-order chi connectivity index (χ0) is 11.9. The highest BCUT2D eigenvalue weighted by molar-refractivity contribution is 7.22. The summed E-state index contributed by atoms with van der Waals surface area (Å²) >= 11 is 1.76. The highest BCUT2D eigenvalue weighted by atomic mass is 32.1. The molecule has 0 saturated heterocycles. The molecular weight excluding hydrogens is 228 g/mol. The van der Waals surface area contributed by atoms with E-state index in [4.69, 9.17) is 0 Å². The predicted octanol–water partition coefficient (Wildman–Crippen LogP) is 4.21. The molecule has 1 aliphatic carbocycles. The summed E-state index contributed by atoms with van der Waals surface area (Å²) in [6.07, 6.45) is 4.09. The number of fused-ring (bicyclic) bond motifs is 1. The number of nitrogens with zero attached hydrogens (tertiary/aromatic N) is 1. The molecule has 0 spiro atoms. The Morgan fingerprint density at radius 3 is 2.94 bits per heavy atom. The van der Waals surface area contributed by atoms with Gasteiger partial charge in [-0.15, -0.1) is 0 Å². The van der Waals surface area contributed by atoms with Gasteiger partial charge in [-0.2, -0.15) is 0 Å². The highest BCUT2D eigenvalue weighted by Gasteiger charge is 2.31. The van der Waals surface area contributed by atoms with Crippen LogP contribution in [0.1, 0.15) is 31.7 Å². The van der Waals surface area contributed by atoms with E-state index < -0.39 is 0 Å². The van der Waals surface area contributed by atoms with Crippen LogP contribution in [0.3, 0.4) is 0 Å². The molecule has 2 aromatic rings. The second-order valence-corrected chi connectivity index (χ2v) is 6.54. The average molecular weight is 246 g/mol. The van der Waals surface area contributed by atoms with Gasteiger partial charge in [-0.25, -0.2) is 4.98 Å². The molecule has 17 heavy (non-hydrogen) atoms. The van der Waals surface area contributed by atoms with Crippen molar-refractivity contribution in [2.24, 2.45) is 5.41 Å². The van der Waals surface area contributed by atoms with Crippen molar-refractivity contribution >= 4 is 26.7 Å². The second kappa shape index (κ2) is 3.98. The van der Waals surface area contributed by atoms with Gasteiger partial charge >= 0.3 is 0 Å². The number of thiazole rings is 1. The molecule has 2 nitrogen and oxygen atoms in total. The topological polar surface area (TPSA) is 24.9 Å². The number of hydrogen-bond donors (Lipinski definition) is 1. The fourth-order valence-corrected chi connectivity index (χ4v) is 3.20. The van der Waals surface area contributed by atoms with Gasteiger partial charge in [0.1, 0.15) is 0 Å². The summed E-state index contributed by atoms with van der Waals surface area (Å²) in [4.78, 5) is 4.64. The molecule has 3 rings (SSSR count). The molecule has 0 aliphatic heterocycles. The second-order valence-electron chi connectivity index (χ2n) is 5.51. The molecule has 0 unspecified atom stereocenters. The lowest BCUT2D eigenvalue weighted by Gasteiger charge is -2.38. The minimum atomic E-state index is 0.508. The minimum absolute atomic E-state index is 0.508. The lowest BCUT2D eigenvalue weighted by molar-refractivity contribution is 0.180. The van der Waals surface area contributed by atoms with E-state index in [-0.39, 0.29) is 0 Å². The molecule has 90 valence electrons. The van der Waals surface area contributed by atoms with Crippen molar-refractivity contribution in [3.63, 3.8) is 0 Å². The molecule has 1 N–H and O–H groups in total. The molecule has 0 radical (unpaired) electrons. The molecular formula is C14H18N2S. The van der Waals surface area contributed by atoms with E-state index in [9.17, 15) is 0 Å². The summed E-state index contributed by atoms with van der Waals surface area (Å²) < 4.78 is 1.27. The maximum absolute atomic E-state index is 4.64. The Balaban J connectivity index is 1.76. The first-order valence-electron chi connectivity index (χ1n) is 6.26. The fraction of sp³-hybridized carbons (Fsp3) is 0.500. The van der Waals surface area contributed by atoms with Crippen molar-refractivity contribution in [2.45, 2.75) is 33.1 Å². The number of aromatic nitrogens is 1. The van der Waals surface area contributed by atoms with Gasteiger partial charge in [0.25, 0.3) is 0 Å². The number of hydrogen-bond acceptors (Lipinski definition) is 3. The van der Waals surface area contributed by atoms with Crippen LogP contribution in [0, 0.1) is 12.3 Å². The van der Waals surface area contributed by atoms with E-state index >= 15 is 0 Å². The molecule has 1 aliphatic rings. The number of anilines is 1. The first-order valence-corrected chi connectivity index (χ1v) is 7.07. The van der Waals surface area contributed by atoms with Gasteiger partial charge in [0, 0.05) is 6.54 Å². The Morgan fingerprint density at radius 2 is 2.24 bits per heavy atom. The summed E-state index contributed by atoms with van der Waals surface area (Å²) in [5.41, 5.74) is 2.91. The standard InChI is InChI=1S/C14H18N2S/c1-10-4-5-12-11(8-10)16-13(17-12)15-9-14(2)6-3-7-14/h4-5,8H,3,6-7,9H2,1-2H3,(H,15,16). The summed E-state index contributed by atoms with van der Waals surface area (Å²) in [6.45, 7) is 5.54. The average Bonchev–Trinajstić information content (AvgIpc) is 2.65. The van der Waals surface area contributed by atoms with Gasteiger partial charge in [0.15, 0.2) is 5.13 Å². The van der Waals surface area contributed by atoms with Gasteiger partial charge in [-0.05, 0) is 42.9 Å². The normalized spacial score (nSPS) is 18.0. The van der Waals surface area contributed by atoms with Crippen molar-refractivity contribution in [2.75, 3.05) is 11.9 Å². The lowest BCUT2D eigenvalue weighted by atomic mass is 9.70. The minimum Gasteiger partial charge on any atom is -0.361 e. The maximum Gasteiger partial charge on any atom is 0.183 e. The van der Waals surface area contributed by atoms with Crippen LogP contribution >= 0.6 is 11.3 Å². The number of aryl methyl sites for hydroxylation is 1. The molecule has 0 bridgehead atoms.